The molecule has 5 rings (SSSR count). The highest BCUT2D eigenvalue weighted by Crippen LogP contribution is 2.50. The first-order chi connectivity index (χ1) is 13.5. The van der Waals surface area contributed by atoms with Crippen molar-refractivity contribution in [3.8, 4) is 0 Å². The smallest absolute Gasteiger partial charge is 0.253 e. The third-order valence-electron chi connectivity index (χ3n) is 5.78. The Morgan fingerprint density at radius 1 is 0.857 bits per heavy atom. The molecule has 0 saturated carbocycles. The second kappa shape index (κ2) is 6.52. The van der Waals surface area contributed by atoms with E-state index in [1.807, 2.05) is 5.01 Å². The number of nitrogens with zero attached hydrogens (tertiary/aromatic N) is 3. The number of carbonyl (C=O) groups is 2. The summed E-state index contributed by atoms with van der Waals surface area (Å²) in [6, 6.07) is 10.1. The number of rotatable bonds is 2. The third-order valence-corrected chi connectivity index (χ3v) is 6.39. The standard InChI is InChI=1S/C20H16Cl2FN3O2/c21-13-3-1-4-14(22)17(13)26-19(27)15-16(11-5-7-12(23)8-6-11)24-9-2-10-25(24)18(15)20(26)28/h1,3-8,15-16,18H,2,9-10H2/t15-,16-,18-/m0/s1. The van der Waals surface area contributed by atoms with Gasteiger partial charge in [-0.1, -0.05) is 41.4 Å². The van der Waals surface area contributed by atoms with Gasteiger partial charge in [-0.2, -0.15) is 0 Å². The van der Waals surface area contributed by atoms with Crippen LogP contribution in [-0.4, -0.2) is 41.0 Å². The van der Waals surface area contributed by atoms with Crippen LogP contribution in [0.15, 0.2) is 42.5 Å². The average molecular weight is 420 g/mol. The van der Waals surface area contributed by atoms with Gasteiger partial charge < -0.3 is 0 Å². The number of hydrogen-bond acceptors (Lipinski definition) is 4. The molecule has 0 aromatic heterocycles. The SMILES string of the molecule is O=C1[C@@H]2[C@@H](C(=O)N1c1c(Cl)cccc1Cl)N1CCCN1[C@H]2c1ccc(F)cc1. The molecule has 2 aromatic carbocycles. The highest BCUT2D eigenvalue weighted by molar-refractivity contribution is 6.42. The maximum atomic E-state index is 13.4. The number of imide groups is 1. The topological polar surface area (TPSA) is 43.9 Å². The molecule has 5 nitrogen and oxygen atoms in total. The highest BCUT2D eigenvalue weighted by atomic mass is 35.5. The molecule has 0 N–H and O–H groups in total. The molecule has 28 heavy (non-hydrogen) atoms. The van der Waals surface area contributed by atoms with Crippen molar-refractivity contribution in [2.45, 2.75) is 18.5 Å². The minimum absolute atomic E-state index is 0.235. The summed E-state index contributed by atoms with van der Waals surface area (Å²) < 4.78 is 13.4. The van der Waals surface area contributed by atoms with Crippen LogP contribution in [0.4, 0.5) is 10.1 Å². The zero-order valence-corrected chi connectivity index (χ0v) is 16.2. The molecule has 2 aromatic rings. The fourth-order valence-corrected chi connectivity index (χ4v) is 5.26. The molecule has 3 aliphatic heterocycles. The Morgan fingerprint density at radius 3 is 2.11 bits per heavy atom. The van der Waals surface area contributed by atoms with Gasteiger partial charge in [0.05, 0.1) is 27.7 Å². The minimum Gasteiger partial charge on any atom is -0.274 e. The first-order valence-electron chi connectivity index (χ1n) is 9.09. The van der Waals surface area contributed by atoms with Crippen molar-refractivity contribution in [1.29, 1.82) is 0 Å². The summed E-state index contributed by atoms with van der Waals surface area (Å²) in [6.45, 7) is 1.45. The van der Waals surface area contributed by atoms with Gasteiger partial charge in [-0.15, -0.1) is 0 Å². The molecule has 2 amide bonds. The summed E-state index contributed by atoms with van der Waals surface area (Å²) in [5, 5.41) is 4.56. The molecule has 3 heterocycles. The Balaban J connectivity index is 1.62. The van der Waals surface area contributed by atoms with Crippen molar-refractivity contribution >= 4 is 40.7 Å². The normalized spacial score (nSPS) is 27.5. The summed E-state index contributed by atoms with van der Waals surface area (Å²) in [5.74, 6) is -1.57. The molecule has 0 radical (unpaired) electrons. The van der Waals surface area contributed by atoms with E-state index in [1.165, 1.54) is 12.1 Å². The fourth-order valence-electron chi connectivity index (χ4n) is 4.70. The summed E-state index contributed by atoms with van der Waals surface area (Å²) in [5.41, 5.74) is 1.05. The molecule has 3 atom stereocenters. The van der Waals surface area contributed by atoms with E-state index in [9.17, 15) is 14.0 Å². The predicted molar refractivity (Wildman–Crippen MR) is 103 cm³/mol. The molecule has 0 unspecified atom stereocenters. The van der Waals surface area contributed by atoms with Gasteiger partial charge in [-0.05, 0) is 36.2 Å². The zero-order chi connectivity index (χ0) is 19.6. The van der Waals surface area contributed by atoms with E-state index in [1.54, 1.807) is 30.3 Å². The predicted octanol–water partition coefficient (Wildman–Crippen LogP) is 3.67. The van der Waals surface area contributed by atoms with E-state index < -0.39 is 12.0 Å². The van der Waals surface area contributed by atoms with E-state index in [0.29, 0.717) is 6.54 Å². The molecular formula is C20H16Cl2FN3O2. The number of halogens is 3. The summed E-state index contributed by atoms with van der Waals surface area (Å²) in [6.07, 6.45) is 0.898. The summed E-state index contributed by atoms with van der Waals surface area (Å²) >= 11 is 12.6. The molecule has 3 aliphatic rings. The molecule has 3 fully saturated rings. The van der Waals surface area contributed by atoms with Crippen molar-refractivity contribution in [2.24, 2.45) is 5.92 Å². The Hall–Kier alpha value is -1.99. The maximum absolute atomic E-state index is 13.4. The largest absolute Gasteiger partial charge is 0.274 e. The number of carbonyl (C=O) groups excluding carboxylic acids is 2. The van der Waals surface area contributed by atoms with E-state index in [4.69, 9.17) is 23.2 Å². The van der Waals surface area contributed by atoms with Gasteiger partial charge in [0.2, 0.25) is 5.91 Å². The first-order valence-corrected chi connectivity index (χ1v) is 9.85. The molecular weight excluding hydrogens is 404 g/mol. The minimum atomic E-state index is -0.600. The van der Waals surface area contributed by atoms with Gasteiger partial charge in [-0.3, -0.25) is 9.59 Å². The third kappa shape index (κ3) is 2.45. The van der Waals surface area contributed by atoms with Gasteiger partial charge in [0.15, 0.2) is 0 Å². The second-order valence-corrected chi connectivity index (χ2v) is 8.04. The number of amides is 2. The van der Waals surface area contributed by atoms with Crippen LogP contribution in [-0.2, 0) is 9.59 Å². The lowest BCUT2D eigenvalue weighted by Gasteiger charge is -2.30. The summed E-state index contributed by atoms with van der Waals surface area (Å²) in [7, 11) is 0. The van der Waals surface area contributed by atoms with Crippen LogP contribution < -0.4 is 4.90 Å². The summed E-state index contributed by atoms with van der Waals surface area (Å²) in [4.78, 5) is 27.9. The van der Waals surface area contributed by atoms with Gasteiger partial charge in [0.1, 0.15) is 11.9 Å². The van der Waals surface area contributed by atoms with Crippen LogP contribution in [0.5, 0.6) is 0 Å². The van der Waals surface area contributed by atoms with Gasteiger partial charge in [0, 0.05) is 13.1 Å². The number of benzene rings is 2. The molecule has 8 heteroatoms. The van der Waals surface area contributed by atoms with Crippen LogP contribution in [0.25, 0.3) is 0 Å². The number of para-hydroxylation sites is 1. The van der Waals surface area contributed by atoms with Crippen LogP contribution in [0.2, 0.25) is 10.0 Å². The molecule has 3 saturated heterocycles. The number of fused-ring (bicyclic) bond motifs is 3. The van der Waals surface area contributed by atoms with E-state index in [2.05, 4.69) is 5.01 Å². The van der Waals surface area contributed by atoms with Gasteiger partial charge in [0.25, 0.3) is 5.91 Å². The van der Waals surface area contributed by atoms with Gasteiger partial charge in [-0.25, -0.2) is 19.3 Å². The zero-order valence-electron chi connectivity index (χ0n) is 14.7. The second-order valence-electron chi connectivity index (χ2n) is 7.23. The fraction of sp³-hybridized carbons (Fsp3) is 0.300. The monoisotopic (exact) mass is 419 g/mol. The first kappa shape index (κ1) is 18.1. The molecule has 0 aliphatic carbocycles. The number of hydrazine groups is 1. The lowest BCUT2D eigenvalue weighted by atomic mass is 9.90. The van der Waals surface area contributed by atoms with E-state index in [-0.39, 0.29) is 39.4 Å². The quantitative estimate of drug-likeness (QED) is 0.696. The van der Waals surface area contributed by atoms with E-state index >= 15 is 0 Å². The Labute approximate surface area is 171 Å². The van der Waals surface area contributed by atoms with Crippen LogP contribution >= 0.6 is 23.2 Å². The van der Waals surface area contributed by atoms with Crippen LogP contribution in [0.1, 0.15) is 18.0 Å². The molecule has 144 valence electrons. The van der Waals surface area contributed by atoms with Crippen molar-refractivity contribution < 1.29 is 14.0 Å². The molecule has 0 bridgehead atoms. The Kier molecular flexibility index (Phi) is 4.21. The lowest BCUT2D eigenvalue weighted by Crippen LogP contribution is -2.44. The van der Waals surface area contributed by atoms with Crippen molar-refractivity contribution in [1.82, 2.24) is 10.0 Å². The maximum Gasteiger partial charge on any atom is 0.253 e. The highest BCUT2D eigenvalue weighted by Gasteiger charge is 2.63. The van der Waals surface area contributed by atoms with Crippen molar-refractivity contribution in [3.63, 3.8) is 0 Å². The van der Waals surface area contributed by atoms with Crippen LogP contribution in [0.3, 0.4) is 0 Å². The van der Waals surface area contributed by atoms with Crippen LogP contribution in [0, 0.1) is 11.7 Å². The van der Waals surface area contributed by atoms with Gasteiger partial charge >= 0.3 is 0 Å². The van der Waals surface area contributed by atoms with E-state index in [0.717, 1.165) is 23.4 Å². The average Bonchev–Trinajstić information content (AvgIpc) is 3.30. The Bertz CT molecular complexity index is 964. The number of anilines is 1. The Morgan fingerprint density at radius 2 is 1.46 bits per heavy atom. The van der Waals surface area contributed by atoms with Crippen molar-refractivity contribution in [3.05, 3.63) is 63.9 Å². The lowest BCUT2D eigenvalue weighted by molar-refractivity contribution is -0.126. The number of hydrogen-bond donors (Lipinski definition) is 0. The molecule has 0 spiro atoms. The van der Waals surface area contributed by atoms with Crippen molar-refractivity contribution in [2.75, 3.05) is 18.0 Å².